The zero-order valence-corrected chi connectivity index (χ0v) is 18.9. The van der Waals surface area contributed by atoms with E-state index in [0.717, 1.165) is 50.7 Å². The first kappa shape index (κ1) is 26.0. The molecule has 0 saturated heterocycles. The van der Waals surface area contributed by atoms with E-state index in [9.17, 15) is 9.59 Å². The van der Waals surface area contributed by atoms with Gasteiger partial charge in [0.15, 0.2) is 0 Å². The molecule has 0 heterocycles. The molecule has 1 atom stereocenters. The zero-order valence-electron chi connectivity index (χ0n) is 18.9. The topological polar surface area (TPSA) is 61.8 Å². The smallest absolute Gasteiger partial charge is 0.305 e. The summed E-state index contributed by atoms with van der Waals surface area (Å²) in [5.74, 6) is 1.02. The van der Waals surface area contributed by atoms with Crippen molar-refractivity contribution in [2.75, 3.05) is 19.8 Å². The summed E-state index contributed by atoms with van der Waals surface area (Å²) in [6.45, 7) is 5.54. The van der Waals surface area contributed by atoms with Gasteiger partial charge >= 0.3 is 11.9 Å². The van der Waals surface area contributed by atoms with E-state index in [-0.39, 0.29) is 18.5 Å². The Labute approximate surface area is 182 Å². The molecule has 0 spiro atoms. The SMILES string of the molecule is CCCCC(CC)COC(=O)CCCCCCCC(=O)OCCOc1ccccc1. The average Bonchev–Trinajstić information content (AvgIpc) is 2.77. The summed E-state index contributed by atoms with van der Waals surface area (Å²) in [6, 6.07) is 9.48. The number of hydrogen-bond donors (Lipinski definition) is 0. The molecule has 0 aromatic heterocycles. The molecule has 5 heteroatoms. The maximum absolute atomic E-state index is 11.8. The predicted molar refractivity (Wildman–Crippen MR) is 119 cm³/mol. The van der Waals surface area contributed by atoms with Crippen LogP contribution in [0.2, 0.25) is 0 Å². The largest absolute Gasteiger partial charge is 0.490 e. The third-order valence-corrected chi connectivity index (χ3v) is 5.14. The van der Waals surface area contributed by atoms with E-state index in [2.05, 4.69) is 13.8 Å². The van der Waals surface area contributed by atoms with Gasteiger partial charge in [-0.2, -0.15) is 0 Å². The summed E-state index contributed by atoms with van der Waals surface area (Å²) >= 11 is 0. The number of unbranched alkanes of at least 4 members (excludes halogenated alkanes) is 5. The van der Waals surface area contributed by atoms with Gasteiger partial charge in [-0.3, -0.25) is 9.59 Å². The minimum absolute atomic E-state index is 0.0775. The Hall–Kier alpha value is -2.04. The summed E-state index contributed by atoms with van der Waals surface area (Å²) < 4.78 is 16.1. The van der Waals surface area contributed by atoms with Gasteiger partial charge in [0, 0.05) is 12.8 Å². The second-order valence-corrected chi connectivity index (χ2v) is 7.75. The van der Waals surface area contributed by atoms with Crippen molar-refractivity contribution >= 4 is 11.9 Å². The van der Waals surface area contributed by atoms with Gasteiger partial charge in [-0.05, 0) is 37.3 Å². The molecule has 170 valence electrons. The molecule has 0 saturated carbocycles. The number of benzene rings is 1. The fraction of sp³-hybridized carbons (Fsp3) is 0.680. The van der Waals surface area contributed by atoms with Crippen LogP contribution in [-0.2, 0) is 19.1 Å². The van der Waals surface area contributed by atoms with E-state index in [1.54, 1.807) is 0 Å². The molecule has 1 rings (SSSR count). The molecule has 0 N–H and O–H groups in total. The number of carbonyl (C=O) groups excluding carboxylic acids is 2. The first-order valence-electron chi connectivity index (χ1n) is 11.6. The van der Waals surface area contributed by atoms with Crippen molar-refractivity contribution in [1.29, 1.82) is 0 Å². The standard InChI is InChI=1S/C25H40O5/c1-3-5-14-22(4-2)21-30-25(27)18-13-8-6-7-12-17-24(26)29-20-19-28-23-15-10-9-11-16-23/h9-11,15-16,22H,3-8,12-14,17-21H2,1-2H3. The van der Waals surface area contributed by atoms with Gasteiger partial charge in [0.25, 0.3) is 0 Å². The van der Waals surface area contributed by atoms with Crippen LogP contribution in [0.15, 0.2) is 30.3 Å². The summed E-state index contributed by atoms with van der Waals surface area (Å²) in [4.78, 5) is 23.5. The van der Waals surface area contributed by atoms with Crippen molar-refractivity contribution in [2.45, 2.75) is 84.5 Å². The normalized spacial score (nSPS) is 11.7. The molecule has 0 bridgehead atoms. The average molecular weight is 421 g/mol. The molecular formula is C25H40O5. The van der Waals surface area contributed by atoms with Gasteiger partial charge < -0.3 is 14.2 Å². The number of ether oxygens (including phenoxy) is 3. The van der Waals surface area contributed by atoms with Crippen molar-refractivity contribution in [3.63, 3.8) is 0 Å². The van der Waals surface area contributed by atoms with Crippen LogP contribution in [0.5, 0.6) is 5.75 Å². The number of esters is 2. The Kier molecular flexibility index (Phi) is 15.4. The fourth-order valence-electron chi connectivity index (χ4n) is 3.15. The molecule has 0 aliphatic heterocycles. The highest BCUT2D eigenvalue weighted by Crippen LogP contribution is 2.14. The molecule has 1 aromatic carbocycles. The Morgan fingerprint density at radius 1 is 0.800 bits per heavy atom. The predicted octanol–water partition coefficient (Wildman–Crippen LogP) is 6.10. The quantitative estimate of drug-likeness (QED) is 0.212. The molecular weight excluding hydrogens is 380 g/mol. The van der Waals surface area contributed by atoms with Gasteiger partial charge in [0.05, 0.1) is 6.61 Å². The van der Waals surface area contributed by atoms with Crippen LogP contribution in [0, 0.1) is 5.92 Å². The minimum Gasteiger partial charge on any atom is -0.490 e. The van der Waals surface area contributed by atoms with Crippen LogP contribution in [0.3, 0.4) is 0 Å². The Balaban J connectivity index is 1.91. The summed E-state index contributed by atoms with van der Waals surface area (Å²) in [6.07, 6.45) is 10.2. The summed E-state index contributed by atoms with van der Waals surface area (Å²) in [5, 5.41) is 0. The van der Waals surface area contributed by atoms with Gasteiger partial charge in [-0.15, -0.1) is 0 Å². The first-order chi connectivity index (χ1) is 14.7. The molecule has 30 heavy (non-hydrogen) atoms. The molecule has 0 fully saturated rings. The molecule has 0 radical (unpaired) electrons. The van der Waals surface area contributed by atoms with Crippen LogP contribution < -0.4 is 4.74 Å². The van der Waals surface area contributed by atoms with Crippen molar-refractivity contribution in [3.8, 4) is 5.75 Å². The third-order valence-electron chi connectivity index (χ3n) is 5.14. The molecule has 1 unspecified atom stereocenters. The van der Waals surface area contributed by atoms with E-state index in [4.69, 9.17) is 14.2 Å². The maximum atomic E-state index is 11.8. The highest BCUT2D eigenvalue weighted by atomic mass is 16.6. The molecule has 5 nitrogen and oxygen atoms in total. The minimum atomic E-state index is -0.177. The Bertz CT molecular complexity index is 558. The van der Waals surface area contributed by atoms with Crippen molar-refractivity contribution in [2.24, 2.45) is 5.92 Å². The van der Waals surface area contributed by atoms with Gasteiger partial charge in [-0.1, -0.05) is 70.6 Å². The third kappa shape index (κ3) is 14.0. The van der Waals surface area contributed by atoms with Gasteiger partial charge in [0.1, 0.15) is 19.0 Å². The Morgan fingerprint density at radius 2 is 1.43 bits per heavy atom. The van der Waals surface area contributed by atoms with Crippen LogP contribution in [0.4, 0.5) is 0 Å². The zero-order chi connectivity index (χ0) is 21.9. The lowest BCUT2D eigenvalue weighted by atomic mass is 10.0. The van der Waals surface area contributed by atoms with Crippen molar-refractivity contribution in [1.82, 2.24) is 0 Å². The van der Waals surface area contributed by atoms with E-state index in [0.29, 0.717) is 32.0 Å². The van der Waals surface area contributed by atoms with Crippen LogP contribution >= 0.6 is 0 Å². The second-order valence-electron chi connectivity index (χ2n) is 7.75. The van der Waals surface area contributed by atoms with E-state index in [1.165, 1.54) is 12.8 Å². The van der Waals surface area contributed by atoms with Crippen LogP contribution in [0.25, 0.3) is 0 Å². The van der Waals surface area contributed by atoms with Crippen molar-refractivity contribution < 1.29 is 23.8 Å². The maximum Gasteiger partial charge on any atom is 0.305 e. The first-order valence-corrected chi connectivity index (χ1v) is 11.6. The highest BCUT2D eigenvalue weighted by molar-refractivity contribution is 5.69. The molecule has 0 aliphatic rings. The van der Waals surface area contributed by atoms with Crippen LogP contribution in [0.1, 0.15) is 84.5 Å². The second kappa shape index (κ2) is 17.8. The lowest BCUT2D eigenvalue weighted by Gasteiger charge is -2.14. The fourth-order valence-corrected chi connectivity index (χ4v) is 3.15. The summed E-state index contributed by atoms with van der Waals surface area (Å²) in [7, 11) is 0. The van der Waals surface area contributed by atoms with Crippen molar-refractivity contribution in [3.05, 3.63) is 30.3 Å². The lowest BCUT2D eigenvalue weighted by molar-refractivity contribution is -0.145. The molecule has 1 aromatic rings. The van der Waals surface area contributed by atoms with Gasteiger partial charge in [-0.25, -0.2) is 0 Å². The highest BCUT2D eigenvalue weighted by Gasteiger charge is 2.10. The van der Waals surface area contributed by atoms with Gasteiger partial charge in [0.2, 0.25) is 0 Å². The van der Waals surface area contributed by atoms with E-state index >= 15 is 0 Å². The monoisotopic (exact) mass is 420 g/mol. The van der Waals surface area contributed by atoms with E-state index in [1.807, 2.05) is 30.3 Å². The number of carbonyl (C=O) groups is 2. The number of para-hydroxylation sites is 1. The van der Waals surface area contributed by atoms with Crippen LogP contribution in [-0.4, -0.2) is 31.8 Å². The molecule has 0 aliphatic carbocycles. The molecule has 0 amide bonds. The van der Waals surface area contributed by atoms with E-state index < -0.39 is 0 Å². The number of hydrogen-bond acceptors (Lipinski definition) is 5. The lowest BCUT2D eigenvalue weighted by Crippen LogP contribution is -2.13. The Morgan fingerprint density at radius 3 is 2.07 bits per heavy atom. The summed E-state index contributed by atoms with van der Waals surface area (Å²) in [5.41, 5.74) is 0. The number of rotatable bonds is 18.